The van der Waals surface area contributed by atoms with Crippen molar-refractivity contribution < 1.29 is 9.53 Å². The fourth-order valence-corrected chi connectivity index (χ4v) is 3.95. The number of fused-ring (bicyclic) bond motifs is 1. The summed E-state index contributed by atoms with van der Waals surface area (Å²) in [4.78, 5) is 34.1. The molecule has 0 bridgehead atoms. The van der Waals surface area contributed by atoms with Gasteiger partial charge in [-0.3, -0.25) is 19.1 Å². The van der Waals surface area contributed by atoms with E-state index < -0.39 is 5.97 Å². The van der Waals surface area contributed by atoms with Crippen LogP contribution in [0, 0.1) is 0 Å². The first-order chi connectivity index (χ1) is 15.1. The van der Waals surface area contributed by atoms with Crippen LogP contribution >= 0.6 is 0 Å². The zero-order valence-electron chi connectivity index (χ0n) is 17.7. The van der Waals surface area contributed by atoms with Gasteiger partial charge in [0, 0.05) is 50.8 Å². The number of carbonyl (C=O) groups excluding carboxylic acids is 1. The smallest absolute Gasteiger partial charge is 0.343 e. The highest BCUT2D eigenvalue weighted by Crippen LogP contribution is 2.20. The minimum Gasteiger partial charge on any atom is -0.462 e. The van der Waals surface area contributed by atoms with Crippen molar-refractivity contribution in [3.63, 3.8) is 0 Å². The van der Waals surface area contributed by atoms with Gasteiger partial charge in [-0.1, -0.05) is 12.6 Å². The maximum absolute atomic E-state index is 12.8. The largest absolute Gasteiger partial charge is 0.462 e. The number of hydrogen-bond acceptors (Lipinski definition) is 6. The van der Waals surface area contributed by atoms with Crippen LogP contribution in [-0.2, 0) is 11.3 Å². The van der Waals surface area contributed by atoms with E-state index in [1.54, 1.807) is 31.3 Å². The molecule has 0 aliphatic carbocycles. The van der Waals surface area contributed by atoms with Gasteiger partial charge in [-0.05, 0) is 48.9 Å². The quantitative estimate of drug-likeness (QED) is 0.574. The van der Waals surface area contributed by atoms with Crippen LogP contribution in [0.5, 0.6) is 0 Å². The number of ether oxygens (including phenoxy) is 1. The van der Waals surface area contributed by atoms with Gasteiger partial charge in [0.15, 0.2) is 0 Å². The van der Waals surface area contributed by atoms with E-state index in [0.29, 0.717) is 6.54 Å². The van der Waals surface area contributed by atoms with Crippen molar-refractivity contribution in [2.75, 3.05) is 37.7 Å². The molecule has 0 spiro atoms. The van der Waals surface area contributed by atoms with Gasteiger partial charge in [0.2, 0.25) is 0 Å². The van der Waals surface area contributed by atoms with Crippen molar-refractivity contribution in [1.29, 1.82) is 0 Å². The van der Waals surface area contributed by atoms with E-state index in [2.05, 4.69) is 21.4 Å². The Kier molecular flexibility index (Phi) is 6.13. The number of anilines is 1. The summed E-state index contributed by atoms with van der Waals surface area (Å²) < 4.78 is 6.63. The topological polar surface area (TPSA) is 67.2 Å². The molecule has 1 fully saturated rings. The van der Waals surface area contributed by atoms with Crippen molar-refractivity contribution >= 4 is 23.2 Å². The monoisotopic (exact) mass is 418 g/mol. The molecule has 0 amide bonds. The molecule has 0 saturated carbocycles. The Bertz CT molecular complexity index is 1160. The van der Waals surface area contributed by atoms with Gasteiger partial charge in [-0.15, -0.1) is 0 Å². The van der Waals surface area contributed by atoms with Gasteiger partial charge >= 0.3 is 5.97 Å². The second-order valence-corrected chi connectivity index (χ2v) is 7.47. The summed E-state index contributed by atoms with van der Waals surface area (Å²) in [5.74, 6) is -0.576. The summed E-state index contributed by atoms with van der Waals surface area (Å²) in [5.41, 5.74) is 3.49. The molecule has 3 aromatic heterocycles. The van der Waals surface area contributed by atoms with Crippen molar-refractivity contribution in [3.05, 3.63) is 82.5 Å². The van der Waals surface area contributed by atoms with E-state index in [-0.39, 0.29) is 17.7 Å². The molecule has 1 saturated heterocycles. The normalized spacial score (nSPS) is 14.5. The third-order valence-corrected chi connectivity index (χ3v) is 5.56. The first kappa shape index (κ1) is 20.8. The Morgan fingerprint density at radius 3 is 2.74 bits per heavy atom. The zero-order chi connectivity index (χ0) is 21.8. The Labute approximate surface area is 181 Å². The molecule has 7 nitrogen and oxygen atoms in total. The van der Waals surface area contributed by atoms with Gasteiger partial charge in [0.05, 0.1) is 17.8 Å². The molecule has 31 heavy (non-hydrogen) atoms. The van der Waals surface area contributed by atoms with Crippen LogP contribution < -0.4 is 10.5 Å². The Balaban J connectivity index is 1.55. The van der Waals surface area contributed by atoms with Crippen molar-refractivity contribution in [2.24, 2.45) is 0 Å². The van der Waals surface area contributed by atoms with E-state index in [1.165, 1.54) is 4.40 Å². The van der Waals surface area contributed by atoms with Gasteiger partial charge in [0.25, 0.3) is 5.56 Å². The fourth-order valence-electron chi connectivity index (χ4n) is 3.95. The Hall–Kier alpha value is -3.45. The van der Waals surface area contributed by atoms with Crippen LogP contribution in [-0.4, -0.2) is 53.0 Å². The molecule has 0 unspecified atom stereocenters. The van der Waals surface area contributed by atoms with Crippen LogP contribution in [0.4, 0.5) is 5.69 Å². The molecule has 3 aromatic rings. The second-order valence-electron chi connectivity index (χ2n) is 7.47. The number of esters is 1. The summed E-state index contributed by atoms with van der Waals surface area (Å²) in [6.45, 7) is 9.93. The zero-order valence-corrected chi connectivity index (χ0v) is 17.7. The first-order valence-corrected chi connectivity index (χ1v) is 10.5. The number of piperazine rings is 1. The molecule has 160 valence electrons. The van der Waals surface area contributed by atoms with E-state index >= 15 is 0 Å². The highest BCUT2D eigenvalue weighted by molar-refractivity contribution is 5.90. The predicted molar refractivity (Wildman–Crippen MR) is 121 cm³/mol. The van der Waals surface area contributed by atoms with Gasteiger partial charge < -0.3 is 9.64 Å². The van der Waals surface area contributed by atoms with Crippen LogP contribution in [0.2, 0.25) is 0 Å². The Morgan fingerprint density at radius 1 is 1.19 bits per heavy atom. The third kappa shape index (κ3) is 4.36. The molecule has 0 radical (unpaired) electrons. The number of pyridine rings is 3. The summed E-state index contributed by atoms with van der Waals surface area (Å²) in [6, 6.07) is 11.4. The molecular weight excluding hydrogens is 392 g/mol. The fraction of sp³-hybridized carbons (Fsp3) is 0.292. The standard InChI is InChI=1S/C24H26N4O3/c1-3-19-16-20(8-9-25-19)27-13-11-26(12-14-27)17-18-15-21(24(30)31-4-2)23(29)28-10-6-5-7-22(18)28/h3,5-10,15-16H,1,4,11-14,17H2,2H3. The molecule has 4 rings (SSSR count). The average molecular weight is 418 g/mol. The second kappa shape index (κ2) is 9.14. The highest BCUT2D eigenvalue weighted by Gasteiger charge is 2.21. The molecule has 4 heterocycles. The molecule has 1 aliphatic rings. The summed E-state index contributed by atoms with van der Waals surface area (Å²) >= 11 is 0. The summed E-state index contributed by atoms with van der Waals surface area (Å²) in [7, 11) is 0. The molecule has 1 aliphatic heterocycles. The van der Waals surface area contributed by atoms with E-state index in [1.807, 2.05) is 30.5 Å². The number of carbonyl (C=O) groups is 1. The minimum absolute atomic E-state index is 0.0768. The number of rotatable bonds is 6. The van der Waals surface area contributed by atoms with Gasteiger partial charge in [-0.2, -0.15) is 0 Å². The maximum atomic E-state index is 12.8. The lowest BCUT2D eigenvalue weighted by Gasteiger charge is -2.36. The SMILES string of the molecule is C=Cc1cc(N2CCN(Cc3cc(C(=O)OCC)c(=O)n4ccccc34)CC2)ccn1. The maximum Gasteiger partial charge on any atom is 0.343 e. The van der Waals surface area contributed by atoms with Crippen LogP contribution in [0.15, 0.2) is 60.2 Å². The van der Waals surface area contributed by atoms with Gasteiger partial charge in [-0.25, -0.2) is 4.79 Å². The molecule has 0 aromatic carbocycles. The summed E-state index contributed by atoms with van der Waals surface area (Å²) in [5, 5.41) is 0. The lowest BCUT2D eigenvalue weighted by Crippen LogP contribution is -2.46. The molecule has 0 atom stereocenters. The number of nitrogens with zero attached hydrogens (tertiary/aromatic N) is 4. The third-order valence-electron chi connectivity index (χ3n) is 5.56. The van der Waals surface area contributed by atoms with E-state index in [0.717, 1.165) is 48.6 Å². The number of hydrogen-bond donors (Lipinski definition) is 0. The van der Waals surface area contributed by atoms with Crippen molar-refractivity contribution in [1.82, 2.24) is 14.3 Å². The number of aromatic nitrogens is 2. The van der Waals surface area contributed by atoms with Crippen molar-refractivity contribution in [2.45, 2.75) is 13.5 Å². The highest BCUT2D eigenvalue weighted by atomic mass is 16.5. The predicted octanol–water partition coefficient (Wildman–Crippen LogP) is 2.84. The molecule has 7 heteroatoms. The van der Waals surface area contributed by atoms with E-state index in [9.17, 15) is 9.59 Å². The Morgan fingerprint density at radius 2 is 2.00 bits per heavy atom. The summed E-state index contributed by atoms with van der Waals surface area (Å²) in [6.07, 6.45) is 5.26. The minimum atomic E-state index is -0.576. The van der Waals surface area contributed by atoms with E-state index in [4.69, 9.17) is 4.74 Å². The first-order valence-electron chi connectivity index (χ1n) is 10.5. The van der Waals surface area contributed by atoms with Crippen molar-refractivity contribution in [3.8, 4) is 0 Å². The van der Waals surface area contributed by atoms with Gasteiger partial charge in [0.1, 0.15) is 5.56 Å². The van der Waals surface area contributed by atoms with Crippen LogP contribution in [0.3, 0.4) is 0 Å². The lowest BCUT2D eigenvalue weighted by atomic mass is 10.1. The lowest BCUT2D eigenvalue weighted by molar-refractivity contribution is 0.0524. The average Bonchev–Trinajstić information content (AvgIpc) is 2.81. The van der Waals surface area contributed by atoms with Crippen LogP contribution in [0.25, 0.3) is 11.6 Å². The molecule has 0 N–H and O–H groups in total. The molecular formula is C24H26N4O3. The van der Waals surface area contributed by atoms with Crippen LogP contribution in [0.1, 0.15) is 28.5 Å².